The molecule has 2 aromatic rings. The van der Waals surface area contributed by atoms with Crippen molar-refractivity contribution in [1.29, 1.82) is 0 Å². The summed E-state index contributed by atoms with van der Waals surface area (Å²) in [5.74, 6) is -0.0931. The number of sulfone groups is 1. The molecule has 1 aliphatic heterocycles. The van der Waals surface area contributed by atoms with E-state index in [-0.39, 0.29) is 34.0 Å². The van der Waals surface area contributed by atoms with Crippen molar-refractivity contribution in [1.82, 2.24) is 4.31 Å². The number of sulfonamides is 1. The maximum absolute atomic E-state index is 12.9. The van der Waals surface area contributed by atoms with Crippen LogP contribution in [0.2, 0.25) is 0 Å². The van der Waals surface area contributed by atoms with Gasteiger partial charge in [-0.25, -0.2) is 16.8 Å². The van der Waals surface area contributed by atoms with Crippen LogP contribution in [-0.2, 0) is 19.9 Å². The van der Waals surface area contributed by atoms with Crippen LogP contribution in [0.25, 0.3) is 0 Å². The minimum absolute atomic E-state index is 0.0289. The maximum atomic E-state index is 12.9. The highest BCUT2D eigenvalue weighted by Gasteiger charge is 2.38. The Morgan fingerprint density at radius 1 is 0.923 bits per heavy atom. The van der Waals surface area contributed by atoms with Crippen molar-refractivity contribution in [2.24, 2.45) is 5.73 Å². The van der Waals surface area contributed by atoms with Crippen LogP contribution in [0.3, 0.4) is 0 Å². The summed E-state index contributed by atoms with van der Waals surface area (Å²) >= 11 is 0. The van der Waals surface area contributed by atoms with Gasteiger partial charge in [0, 0.05) is 25.0 Å². The van der Waals surface area contributed by atoms with Crippen LogP contribution in [-0.4, -0.2) is 46.0 Å². The van der Waals surface area contributed by atoms with Gasteiger partial charge in [0.25, 0.3) is 0 Å². The number of benzene rings is 2. The maximum Gasteiger partial charge on any atom is 0.243 e. The normalized spacial score (nSPS) is 21.8. The summed E-state index contributed by atoms with van der Waals surface area (Å²) in [5, 5.41) is 0. The Kier molecular flexibility index (Phi) is 5.21. The fourth-order valence-electron chi connectivity index (χ4n) is 3.18. The Balaban J connectivity index is 1.85. The van der Waals surface area contributed by atoms with Crippen LogP contribution in [0.15, 0.2) is 64.4 Å². The second-order valence-corrected chi connectivity index (χ2v) is 10.6. The molecule has 1 aliphatic rings. The van der Waals surface area contributed by atoms with Gasteiger partial charge in [-0.2, -0.15) is 4.31 Å². The van der Waals surface area contributed by atoms with Crippen molar-refractivity contribution in [2.75, 3.05) is 18.8 Å². The summed E-state index contributed by atoms with van der Waals surface area (Å²) in [7, 11) is -7.08. The zero-order valence-electron chi connectivity index (χ0n) is 14.4. The molecule has 2 aromatic carbocycles. The van der Waals surface area contributed by atoms with Gasteiger partial charge in [-0.3, -0.25) is 0 Å². The minimum atomic E-state index is -3.72. The number of nitrogens with zero attached hydrogens (tertiary/aromatic N) is 1. The van der Waals surface area contributed by atoms with E-state index in [0.29, 0.717) is 6.54 Å². The first-order valence-corrected chi connectivity index (χ1v) is 11.5. The van der Waals surface area contributed by atoms with Gasteiger partial charge in [-0.05, 0) is 29.8 Å². The van der Waals surface area contributed by atoms with Gasteiger partial charge in [0.05, 0.1) is 15.5 Å². The number of rotatable bonds is 5. The van der Waals surface area contributed by atoms with E-state index in [1.54, 1.807) is 6.92 Å². The van der Waals surface area contributed by atoms with E-state index in [9.17, 15) is 16.8 Å². The molecule has 140 valence electrons. The zero-order chi connectivity index (χ0) is 18.9. The summed E-state index contributed by atoms with van der Waals surface area (Å²) < 4.78 is 51.0. The molecule has 8 heteroatoms. The highest BCUT2D eigenvalue weighted by atomic mass is 32.2. The van der Waals surface area contributed by atoms with E-state index in [2.05, 4.69) is 0 Å². The van der Waals surface area contributed by atoms with Crippen LogP contribution >= 0.6 is 0 Å². The quantitative estimate of drug-likeness (QED) is 0.831. The van der Waals surface area contributed by atoms with Gasteiger partial charge >= 0.3 is 0 Å². The molecule has 0 radical (unpaired) electrons. The minimum Gasteiger partial charge on any atom is -0.326 e. The molecule has 2 N–H and O–H groups in total. The molecular weight excluding hydrogens is 372 g/mol. The fourth-order valence-corrected chi connectivity index (χ4v) is 5.56. The third kappa shape index (κ3) is 3.55. The molecule has 0 bridgehead atoms. The first kappa shape index (κ1) is 19.0. The van der Waals surface area contributed by atoms with Gasteiger partial charge in [0.15, 0.2) is 9.84 Å². The molecule has 1 fully saturated rings. The van der Waals surface area contributed by atoms with Gasteiger partial charge < -0.3 is 5.73 Å². The summed E-state index contributed by atoms with van der Waals surface area (Å²) in [6, 6.07) is 14.7. The molecule has 0 saturated carbocycles. The molecule has 1 saturated heterocycles. The van der Waals surface area contributed by atoms with Crippen LogP contribution in [0.5, 0.6) is 0 Å². The number of nitrogens with two attached hydrogens (primary N) is 1. The Labute approximate surface area is 154 Å². The fraction of sp³-hybridized carbons (Fsp3) is 0.333. The smallest absolute Gasteiger partial charge is 0.243 e. The molecule has 0 aromatic heterocycles. The SMILES string of the molecule is CCS(=O)(=O)c1ccc(S(=O)(=O)N2C[C@@H](N)[C@H](c3ccccc3)C2)cc1. The molecule has 0 spiro atoms. The van der Waals surface area contributed by atoms with Gasteiger partial charge in [0.1, 0.15) is 0 Å². The first-order chi connectivity index (χ1) is 12.3. The lowest BCUT2D eigenvalue weighted by Crippen LogP contribution is -2.32. The molecule has 0 unspecified atom stereocenters. The van der Waals surface area contributed by atoms with Crippen molar-refractivity contribution in [3.63, 3.8) is 0 Å². The van der Waals surface area contributed by atoms with Crippen molar-refractivity contribution >= 4 is 19.9 Å². The average molecular weight is 395 g/mol. The lowest BCUT2D eigenvalue weighted by Gasteiger charge is -2.17. The summed E-state index contributed by atoms with van der Waals surface area (Å²) in [6.45, 7) is 2.09. The second-order valence-electron chi connectivity index (χ2n) is 6.38. The monoisotopic (exact) mass is 394 g/mol. The Hall–Kier alpha value is -1.74. The lowest BCUT2D eigenvalue weighted by molar-refractivity contribution is 0.470. The highest BCUT2D eigenvalue weighted by Crippen LogP contribution is 2.30. The predicted octanol–water partition coefficient (Wildman–Crippen LogP) is 1.60. The van der Waals surface area contributed by atoms with Crippen molar-refractivity contribution < 1.29 is 16.8 Å². The molecule has 3 rings (SSSR count). The van der Waals surface area contributed by atoms with Gasteiger partial charge in [-0.1, -0.05) is 37.3 Å². The van der Waals surface area contributed by atoms with E-state index >= 15 is 0 Å². The third-order valence-corrected chi connectivity index (χ3v) is 8.36. The largest absolute Gasteiger partial charge is 0.326 e. The summed E-state index contributed by atoms with van der Waals surface area (Å²) in [6.07, 6.45) is 0. The second kappa shape index (κ2) is 7.11. The van der Waals surface area contributed by atoms with Crippen LogP contribution < -0.4 is 5.73 Å². The number of hydrogen-bond acceptors (Lipinski definition) is 5. The summed E-state index contributed by atoms with van der Waals surface area (Å²) in [5.41, 5.74) is 7.21. The standard InChI is InChI=1S/C18H22N2O4S2/c1-2-25(21,22)15-8-10-16(11-9-15)26(23,24)20-12-17(18(19)13-20)14-6-4-3-5-7-14/h3-11,17-18H,2,12-13,19H2,1H3/t17-,18+/m0/s1. The third-order valence-electron chi connectivity index (χ3n) is 4.76. The zero-order valence-corrected chi connectivity index (χ0v) is 16.1. The van der Waals surface area contributed by atoms with E-state index in [1.807, 2.05) is 30.3 Å². The lowest BCUT2D eigenvalue weighted by atomic mass is 9.95. The number of hydrogen-bond donors (Lipinski definition) is 1. The first-order valence-electron chi connectivity index (χ1n) is 8.39. The highest BCUT2D eigenvalue weighted by molar-refractivity contribution is 7.91. The van der Waals surface area contributed by atoms with E-state index in [0.717, 1.165) is 5.56 Å². The van der Waals surface area contributed by atoms with Crippen molar-refractivity contribution in [3.8, 4) is 0 Å². The van der Waals surface area contributed by atoms with Gasteiger partial charge in [0.2, 0.25) is 10.0 Å². The molecule has 2 atom stereocenters. The van der Waals surface area contributed by atoms with Crippen molar-refractivity contribution in [3.05, 3.63) is 60.2 Å². The van der Waals surface area contributed by atoms with E-state index in [1.165, 1.54) is 28.6 Å². The van der Waals surface area contributed by atoms with E-state index < -0.39 is 19.9 Å². The Morgan fingerprint density at radius 3 is 2.08 bits per heavy atom. The predicted molar refractivity (Wildman–Crippen MR) is 100 cm³/mol. The molecular formula is C18H22N2O4S2. The molecule has 1 heterocycles. The Morgan fingerprint density at radius 2 is 1.50 bits per heavy atom. The molecule has 26 heavy (non-hydrogen) atoms. The van der Waals surface area contributed by atoms with E-state index in [4.69, 9.17) is 5.73 Å². The molecule has 0 aliphatic carbocycles. The molecule has 0 amide bonds. The average Bonchev–Trinajstić information content (AvgIpc) is 3.05. The van der Waals surface area contributed by atoms with Crippen LogP contribution in [0, 0.1) is 0 Å². The topological polar surface area (TPSA) is 97.5 Å². The van der Waals surface area contributed by atoms with Crippen molar-refractivity contribution in [2.45, 2.75) is 28.7 Å². The van der Waals surface area contributed by atoms with Crippen LogP contribution in [0.1, 0.15) is 18.4 Å². The van der Waals surface area contributed by atoms with Gasteiger partial charge in [-0.15, -0.1) is 0 Å². The summed E-state index contributed by atoms with van der Waals surface area (Å²) in [4.78, 5) is 0.202. The van der Waals surface area contributed by atoms with Crippen LogP contribution in [0.4, 0.5) is 0 Å². The Bertz CT molecular complexity index is 972. The molecule has 6 nitrogen and oxygen atoms in total.